The average Bonchev–Trinajstić information content (AvgIpc) is 2.15. The molecule has 13 heavy (non-hydrogen) atoms. The normalized spacial score (nSPS) is 9.31. The molecule has 0 fully saturated rings. The van der Waals surface area contributed by atoms with Crippen LogP contribution in [0.5, 0.6) is 0 Å². The Labute approximate surface area is 76.2 Å². The number of rotatable bonds is 3. The monoisotopic (exact) mass is 179 g/mol. The molecule has 4 heteroatoms. The molecule has 0 aromatic carbocycles. The summed E-state index contributed by atoms with van der Waals surface area (Å²) in [6, 6.07) is 5.35. The van der Waals surface area contributed by atoms with Crippen LogP contribution >= 0.6 is 0 Å². The van der Waals surface area contributed by atoms with Crippen molar-refractivity contribution in [3.63, 3.8) is 0 Å². The van der Waals surface area contributed by atoms with Gasteiger partial charge in [0.2, 0.25) is 0 Å². The van der Waals surface area contributed by atoms with Crippen LogP contribution in [0.4, 0.5) is 10.2 Å². The van der Waals surface area contributed by atoms with Crippen LogP contribution in [0.3, 0.4) is 0 Å². The number of alkyl halides is 1. The third kappa shape index (κ3) is 2.41. The minimum absolute atomic E-state index is 0.248. The van der Waals surface area contributed by atoms with E-state index < -0.39 is 6.67 Å². The summed E-state index contributed by atoms with van der Waals surface area (Å²) in [6.07, 6.45) is 0. The maximum atomic E-state index is 11.8. The molecule has 0 spiro atoms. The van der Waals surface area contributed by atoms with E-state index in [1.54, 1.807) is 19.1 Å². The molecule has 1 aromatic rings. The predicted octanol–water partition coefficient (Wildman–Crippen LogP) is 1.64. The van der Waals surface area contributed by atoms with Crippen molar-refractivity contribution in [3.05, 3.63) is 23.4 Å². The lowest BCUT2D eigenvalue weighted by atomic mass is 10.2. The molecular formula is C9H10FN3. The fourth-order valence-corrected chi connectivity index (χ4v) is 0.953. The average molecular weight is 179 g/mol. The van der Waals surface area contributed by atoms with E-state index in [4.69, 9.17) is 5.26 Å². The lowest BCUT2D eigenvalue weighted by Crippen LogP contribution is -2.05. The Morgan fingerprint density at radius 2 is 2.38 bits per heavy atom. The molecule has 3 nitrogen and oxygen atoms in total. The molecular weight excluding hydrogens is 169 g/mol. The van der Waals surface area contributed by atoms with Crippen LogP contribution in [0.25, 0.3) is 0 Å². The highest BCUT2D eigenvalue weighted by Gasteiger charge is 1.99. The maximum Gasteiger partial charge on any atom is 0.126 e. The van der Waals surface area contributed by atoms with E-state index in [1.807, 2.05) is 6.07 Å². The van der Waals surface area contributed by atoms with Gasteiger partial charge < -0.3 is 5.32 Å². The zero-order chi connectivity index (χ0) is 9.68. The van der Waals surface area contributed by atoms with E-state index in [1.165, 1.54) is 0 Å². The molecule has 0 atom stereocenters. The highest BCUT2D eigenvalue weighted by molar-refractivity contribution is 5.42. The van der Waals surface area contributed by atoms with E-state index in [0.29, 0.717) is 17.1 Å². The second-order valence-corrected chi connectivity index (χ2v) is 2.56. The summed E-state index contributed by atoms with van der Waals surface area (Å²) in [5, 5.41) is 11.4. The molecule has 0 saturated carbocycles. The van der Waals surface area contributed by atoms with Gasteiger partial charge in [-0.2, -0.15) is 5.26 Å². The summed E-state index contributed by atoms with van der Waals surface area (Å²) in [5.74, 6) is 0.606. The van der Waals surface area contributed by atoms with Crippen LogP contribution in [0.1, 0.15) is 11.3 Å². The van der Waals surface area contributed by atoms with Gasteiger partial charge in [-0.05, 0) is 19.1 Å². The minimum atomic E-state index is -0.430. The van der Waals surface area contributed by atoms with Gasteiger partial charge >= 0.3 is 0 Å². The molecule has 0 bridgehead atoms. The van der Waals surface area contributed by atoms with Crippen molar-refractivity contribution in [1.29, 1.82) is 5.26 Å². The Bertz CT molecular complexity index is 330. The van der Waals surface area contributed by atoms with Crippen LogP contribution < -0.4 is 5.32 Å². The predicted molar refractivity (Wildman–Crippen MR) is 48.2 cm³/mol. The number of aromatic nitrogens is 1. The van der Waals surface area contributed by atoms with Crippen molar-refractivity contribution < 1.29 is 4.39 Å². The van der Waals surface area contributed by atoms with Crippen molar-refractivity contribution in [2.24, 2.45) is 0 Å². The van der Waals surface area contributed by atoms with Gasteiger partial charge in [0, 0.05) is 6.54 Å². The van der Waals surface area contributed by atoms with E-state index in [9.17, 15) is 4.39 Å². The second kappa shape index (κ2) is 4.41. The second-order valence-electron chi connectivity index (χ2n) is 2.56. The summed E-state index contributed by atoms with van der Waals surface area (Å²) < 4.78 is 11.8. The van der Waals surface area contributed by atoms with Crippen molar-refractivity contribution in [2.75, 3.05) is 18.5 Å². The molecule has 0 radical (unpaired) electrons. The van der Waals surface area contributed by atoms with Crippen LogP contribution in [0, 0.1) is 18.3 Å². The molecule has 1 rings (SSSR count). The number of nitrogens with one attached hydrogen (secondary N) is 1. The van der Waals surface area contributed by atoms with Crippen molar-refractivity contribution in [2.45, 2.75) is 6.92 Å². The Morgan fingerprint density at radius 3 is 2.92 bits per heavy atom. The van der Waals surface area contributed by atoms with Gasteiger partial charge in [-0.25, -0.2) is 9.37 Å². The van der Waals surface area contributed by atoms with Crippen molar-refractivity contribution >= 4 is 5.82 Å². The SMILES string of the molecule is Cc1nc(NCCF)ccc1C#N. The largest absolute Gasteiger partial charge is 0.367 e. The van der Waals surface area contributed by atoms with Crippen LogP contribution in [-0.4, -0.2) is 18.2 Å². The first kappa shape index (κ1) is 9.46. The van der Waals surface area contributed by atoms with Gasteiger partial charge in [-0.3, -0.25) is 0 Å². The van der Waals surface area contributed by atoms with Crippen LogP contribution in [0.2, 0.25) is 0 Å². The molecule has 0 amide bonds. The Hall–Kier alpha value is -1.63. The summed E-state index contributed by atoms with van der Waals surface area (Å²) >= 11 is 0. The topological polar surface area (TPSA) is 48.7 Å². The highest BCUT2D eigenvalue weighted by Crippen LogP contribution is 2.08. The van der Waals surface area contributed by atoms with E-state index in [2.05, 4.69) is 10.3 Å². The molecule has 68 valence electrons. The number of halogens is 1. The van der Waals surface area contributed by atoms with Crippen molar-refractivity contribution in [1.82, 2.24) is 4.98 Å². The zero-order valence-electron chi connectivity index (χ0n) is 7.34. The van der Waals surface area contributed by atoms with Gasteiger partial charge in [0.15, 0.2) is 0 Å². The first-order chi connectivity index (χ1) is 6.27. The minimum Gasteiger partial charge on any atom is -0.367 e. The fourth-order valence-electron chi connectivity index (χ4n) is 0.953. The van der Waals surface area contributed by atoms with E-state index >= 15 is 0 Å². The van der Waals surface area contributed by atoms with Gasteiger partial charge in [0.25, 0.3) is 0 Å². The summed E-state index contributed by atoms with van der Waals surface area (Å²) in [7, 11) is 0. The number of anilines is 1. The molecule has 0 aliphatic carbocycles. The maximum absolute atomic E-state index is 11.8. The Morgan fingerprint density at radius 1 is 1.62 bits per heavy atom. The Kier molecular flexibility index (Phi) is 3.21. The molecule has 0 aliphatic heterocycles. The molecule has 0 aliphatic rings. The zero-order valence-corrected chi connectivity index (χ0v) is 7.34. The number of nitrogens with zero attached hydrogens (tertiary/aromatic N) is 2. The van der Waals surface area contributed by atoms with Crippen molar-refractivity contribution in [3.8, 4) is 6.07 Å². The first-order valence-electron chi connectivity index (χ1n) is 3.95. The quantitative estimate of drug-likeness (QED) is 0.767. The summed E-state index contributed by atoms with van der Waals surface area (Å²) in [4.78, 5) is 4.08. The molecule has 1 N–H and O–H groups in total. The first-order valence-corrected chi connectivity index (χ1v) is 3.95. The third-order valence-corrected chi connectivity index (χ3v) is 1.61. The summed E-state index contributed by atoms with van der Waals surface area (Å²) in [5.41, 5.74) is 1.21. The van der Waals surface area contributed by atoms with Gasteiger partial charge in [0.1, 0.15) is 18.6 Å². The van der Waals surface area contributed by atoms with Gasteiger partial charge in [0.05, 0.1) is 11.3 Å². The molecule has 1 heterocycles. The standard InChI is InChI=1S/C9H10FN3/c1-7-8(6-11)2-3-9(13-7)12-5-4-10/h2-3H,4-5H2,1H3,(H,12,13). The van der Waals surface area contributed by atoms with Crippen LogP contribution in [-0.2, 0) is 0 Å². The molecule has 0 unspecified atom stereocenters. The number of hydrogen-bond acceptors (Lipinski definition) is 3. The molecule has 0 saturated heterocycles. The van der Waals surface area contributed by atoms with Gasteiger partial charge in [-0.1, -0.05) is 0 Å². The number of hydrogen-bond donors (Lipinski definition) is 1. The van der Waals surface area contributed by atoms with Gasteiger partial charge in [-0.15, -0.1) is 0 Å². The van der Waals surface area contributed by atoms with E-state index in [0.717, 1.165) is 0 Å². The lowest BCUT2D eigenvalue weighted by Gasteiger charge is -2.03. The summed E-state index contributed by atoms with van der Waals surface area (Å²) in [6.45, 7) is 1.57. The Balaban J connectivity index is 2.79. The molecule has 1 aromatic heterocycles. The number of nitriles is 1. The van der Waals surface area contributed by atoms with E-state index in [-0.39, 0.29) is 6.54 Å². The fraction of sp³-hybridized carbons (Fsp3) is 0.333. The third-order valence-electron chi connectivity index (χ3n) is 1.61. The smallest absolute Gasteiger partial charge is 0.126 e. The highest BCUT2D eigenvalue weighted by atomic mass is 19.1. The number of pyridine rings is 1. The van der Waals surface area contributed by atoms with Crippen LogP contribution in [0.15, 0.2) is 12.1 Å². The lowest BCUT2D eigenvalue weighted by molar-refractivity contribution is 0.512. The number of aryl methyl sites for hydroxylation is 1.